The van der Waals surface area contributed by atoms with Crippen LogP contribution in [0.1, 0.15) is 79.3 Å². The number of rotatable bonds is 10. The number of ether oxygens (including phenoxy) is 2. The van der Waals surface area contributed by atoms with Crippen LogP contribution in [-0.4, -0.2) is 43.0 Å². The fourth-order valence-corrected chi connectivity index (χ4v) is 4.76. The molecule has 0 aliphatic heterocycles. The van der Waals surface area contributed by atoms with Crippen LogP contribution in [0.2, 0.25) is 0 Å². The van der Waals surface area contributed by atoms with Gasteiger partial charge in [-0.15, -0.1) is 0 Å². The molecular weight excluding hydrogens is 366 g/mol. The number of carboxylic acids is 1. The van der Waals surface area contributed by atoms with E-state index in [9.17, 15) is 9.90 Å². The second-order valence-corrected chi connectivity index (χ2v) is 8.71. The van der Waals surface area contributed by atoms with Crippen molar-refractivity contribution < 1.29 is 19.4 Å². The number of hydrogen-bond acceptors (Lipinski definition) is 4. The summed E-state index contributed by atoms with van der Waals surface area (Å²) in [6.07, 6.45) is 11.5. The Labute approximate surface area is 175 Å². The highest BCUT2D eigenvalue weighted by molar-refractivity contribution is 5.91. The molecule has 1 aromatic carbocycles. The molecule has 5 heteroatoms. The molecule has 0 aromatic heterocycles. The molecule has 0 bridgehead atoms. The minimum atomic E-state index is -0.882. The van der Waals surface area contributed by atoms with Crippen LogP contribution in [0.25, 0.3) is 0 Å². The summed E-state index contributed by atoms with van der Waals surface area (Å²) < 4.78 is 12.2. The standard InChI is InChI=1S/C24H37NO4/c1-18-7-5-10-20(23(18)24(26)27)17-29-22-12-6-11-21(15-22)28-14-13-25-16-19-8-3-2-4-9-19/h5,7,10,19,21-22,25H,2-4,6,8-9,11-17H2,1H3,(H,26,27). The molecule has 1 aromatic rings. The van der Waals surface area contributed by atoms with E-state index in [0.717, 1.165) is 62.4 Å². The molecule has 3 rings (SSSR count). The molecule has 5 nitrogen and oxygen atoms in total. The van der Waals surface area contributed by atoms with Crippen LogP contribution >= 0.6 is 0 Å². The molecule has 0 saturated heterocycles. The maximum atomic E-state index is 11.5. The van der Waals surface area contributed by atoms with Crippen molar-refractivity contribution in [1.82, 2.24) is 5.32 Å². The van der Waals surface area contributed by atoms with Crippen LogP contribution in [0.5, 0.6) is 0 Å². The summed E-state index contributed by atoms with van der Waals surface area (Å²) >= 11 is 0. The summed E-state index contributed by atoms with van der Waals surface area (Å²) in [5.74, 6) is -0.0270. The zero-order valence-corrected chi connectivity index (χ0v) is 17.8. The van der Waals surface area contributed by atoms with E-state index in [0.29, 0.717) is 12.2 Å². The molecule has 2 aliphatic rings. The first kappa shape index (κ1) is 22.3. The van der Waals surface area contributed by atoms with Gasteiger partial charge < -0.3 is 19.9 Å². The summed E-state index contributed by atoms with van der Waals surface area (Å²) in [7, 11) is 0. The lowest BCUT2D eigenvalue weighted by molar-refractivity contribution is -0.0496. The number of carbonyl (C=O) groups is 1. The first-order chi connectivity index (χ1) is 14.1. The maximum absolute atomic E-state index is 11.5. The molecule has 162 valence electrons. The molecule has 29 heavy (non-hydrogen) atoms. The predicted octanol–water partition coefficient (Wildman–Crippen LogP) is 4.71. The van der Waals surface area contributed by atoms with E-state index in [1.165, 1.54) is 32.1 Å². The van der Waals surface area contributed by atoms with Crippen molar-refractivity contribution in [2.24, 2.45) is 5.92 Å². The Balaban J connectivity index is 1.35. The number of aromatic carboxylic acids is 1. The van der Waals surface area contributed by atoms with E-state index in [1.54, 1.807) is 0 Å². The van der Waals surface area contributed by atoms with Gasteiger partial charge in [0.2, 0.25) is 0 Å². The Bertz CT molecular complexity index is 642. The van der Waals surface area contributed by atoms with Crippen LogP contribution in [0.4, 0.5) is 0 Å². The summed E-state index contributed by atoms with van der Waals surface area (Å²) in [6, 6.07) is 5.58. The van der Waals surface area contributed by atoms with Crippen molar-refractivity contribution in [3.63, 3.8) is 0 Å². The molecule has 0 radical (unpaired) electrons. The number of aryl methyl sites for hydroxylation is 1. The molecule has 2 N–H and O–H groups in total. The number of benzene rings is 1. The highest BCUT2D eigenvalue weighted by Gasteiger charge is 2.24. The van der Waals surface area contributed by atoms with E-state index in [1.807, 2.05) is 25.1 Å². The fraction of sp³-hybridized carbons (Fsp3) is 0.708. The van der Waals surface area contributed by atoms with Gasteiger partial charge in [-0.05, 0) is 69.0 Å². The van der Waals surface area contributed by atoms with Crippen LogP contribution in [0.15, 0.2) is 18.2 Å². The van der Waals surface area contributed by atoms with Crippen LogP contribution < -0.4 is 5.32 Å². The minimum absolute atomic E-state index is 0.145. The van der Waals surface area contributed by atoms with Gasteiger partial charge in [0.1, 0.15) is 0 Å². The Hall–Kier alpha value is -1.43. The Kier molecular flexibility index (Phi) is 8.96. The van der Waals surface area contributed by atoms with Gasteiger partial charge in [-0.1, -0.05) is 37.5 Å². The SMILES string of the molecule is Cc1cccc(COC2CCCC(OCCNCC3CCCCC3)C2)c1C(=O)O. The Morgan fingerprint density at radius 3 is 2.59 bits per heavy atom. The van der Waals surface area contributed by atoms with Gasteiger partial charge in [-0.25, -0.2) is 4.79 Å². The van der Waals surface area contributed by atoms with E-state index in [2.05, 4.69) is 5.32 Å². The smallest absolute Gasteiger partial charge is 0.336 e. The molecule has 2 unspecified atom stereocenters. The molecule has 2 atom stereocenters. The fourth-order valence-electron chi connectivity index (χ4n) is 4.76. The molecule has 2 fully saturated rings. The third kappa shape index (κ3) is 7.09. The summed E-state index contributed by atoms with van der Waals surface area (Å²) in [5.41, 5.74) is 1.91. The Morgan fingerprint density at radius 2 is 1.83 bits per heavy atom. The lowest BCUT2D eigenvalue weighted by Gasteiger charge is -2.29. The second kappa shape index (κ2) is 11.7. The van der Waals surface area contributed by atoms with Crippen LogP contribution in [0.3, 0.4) is 0 Å². The summed E-state index contributed by atoms with van der Waals surface area (Å²) in [5, 5.41) is 13.0. The number of nitrogens with one attached hydrogen (secondary N) is 1. The highest BCUT2D eigenvalue weighted by atomic mass is 16.5. The first-order valence-electron chi connectivity index (χ1n) is 11.4. The normalized spacial score (nSPS) is 23.2. The molecular formula is C24H37NO4. The van der Waals surface area contributed by atoms with Gasteiger partial charge in [0.05, 0.1) is 31.0 Å². The zero-order chi connectivity index (χ0) is 20.5. The molecule has 2 aliphatic carbocycles. The van der Waals surface area contributed by atoms with Crippen molar-refractivity contribution in [2.45, 2.75) is 83.5 Å². The zero-order valence-electron chi connectivity index (χ0n) is 17.8. The third-order valence-electron chi connectivity index (χ3n) is 6.42. The van der Waals surface area contributed by atoms with Crippen molar-refractivity contribution in [3.8, 4) is 0 Å². The molecule has 2 saturated carbocycles. The van der Waals surface area contributed by atoms with E-state index < -0.39 is 5.97 Å². The van der Waals surface area contributed by atoms with E-state index in [4.69, 9.17) is 9.47 Å². The largest absolute Gasteiger partial charge is 0.478 e. The summed E-state index contributed by atoms with van der Waals surface area (Å²) in [6.45, 7) is 4.99. The predicted molar refractivity (Wildman–Crippen MR) is 114 cm³/mol. The highest BCUT2D eigenvalue weighted by Crippen LogP contribution is 2.26. The average molecular weight is 404 g/mol. The van der Waals surface area contributed by atoms with E-state index >= 15 is 0 Å². The first-order valence-corrected chi connectivity index (χ1v) is 11.4. The molecule has 0 spiro atoms. The van der Waals surface area contributed by atoms with Crippen molar-refractivity contribution >= 4 is 5.97 Å². The minimum Gasteiger partial charge on any atom is -0.478 e. The van der Waals surface area contributed by atoms with Gasteiger partial charge in [0.15, 0.2) is 0 Å². The molecule has 0 amide bonds. The third-order valence-corrected chi connectivity index (χ3v) is 6.42. The monoisotopic (exact) mass is 403 g/mol. The number of hydrogen-bond donors (Lipinski definition) is 2. The second-order valence-electron chi connectivity index (χ2n) is 8.71. The van der Waals surface area contributed by atoms with Gasteiger partial charge in [-0.2, -0.15) is 0 Å². The van der Waals surface area contributed by atoms with Crippen molar-refractivity contribution in [3.05, 3.63) is 34.9 Å². The van der Waals surface area contributed by atoms with Crippen molar-refractivity contribution in [1.29, 1.82) is 0 Å². The van der Waals surface area contributed by atoms with E-state index in [-0.39, 0.29) is 12.2 Å². The maximum Gasteiger partial charge on any atom is 0.336 e. The average Bonchev–Trinajstić information content (AvgIpc) is 2.73. The lowest BCUT2D eigenvalue weighted by atomic mass is 9.89. The Morgan fingerprint density at radius 1 is 1.07 bits per heavy atom. The van der Waals surface area contributed by atoms with Gasteiger partial charge in [0.25, 0.3) is 0 Å². The lowest BCUT2D eigenvalue weighted by Crippen LogP contribution is -2.32. The van der Waals surface area contributed by atoms with Crippen LogP contribution in [0, 0.1) is 12.8 Å². The van der Waals surface area contributed by atoms with Crippen LogP contribution in [-0.2, 0) is 16.1 Å². The molecule has 0 heterocycles. The topological polar surface area (TPSA) is 67.8 Å². The van der Waals surface area contributed by atoms with Gasteiger partial charge in [0, 0.05) is 6.54 Å². The van der Waals surface area contributed by atoms with Gasteiger partial charge >= 0.3 is 5.97 Å². The quantitative estimate of drug-likeness (QED) is 0.554. The number of carboxylic acid groups (broad SMARTS) is 1. The van der Waals surface area contributed by atoms with Gasteiger partial charge in [-0.3, -0.25) is 0 Å². The summed E-state index contributed by atoms with van der Waals surface area (Å²) in [4.78, 5) is 11.5. The van der Waals surface area contributed by atoms with Crippen molar-refractivity contribution in [2.75, 3.05) is 19.7 Å².